The molecule has 3 N–H and O–H groups in total. The molecule has 0 aliphatic rings. The number of hydrogen-bond donors (Lipinski definition) is 3. The Bertz CT molecular complexity index is 393. The molecule has 0 aliphatic heterocycles. The molecule has 0 atom stereocenters. The molecule has 1 amide bonds. The second-order valence-electron chi connectivity index (χ2n) is 3.86. The molecule has 5 heteroatoms. The van der Waals surface area contributed by atoms with Gasteiger partial charge in [0, 0.05) is 18.7 Å². The first-order valence-electron chi connectivity index (χ1n) is 5.53. The smallest absolute Gasteiger partial charge is 0.251 e. The quantitative estimate of drug-likeness (QED) is 0.663. The number of carbonyl (C=O) groups is 1. The van der Waals surface area contributed by atoms with Gasteiger partial charge in [-0.1, -0.05) is 6.92 Å². The van der Waals surface area contributed by atoms with Gasteiger partial charge in [0.25, 0.3) is 5.91 Å². The van der Waals surface area contributed by atoms with Gasteiger partial charge in [-0.25, -0.2) is 0 Å². The van der Waals surface area contributed by atoms with Crippen LogP contribution in [0.5, 0.6) is 11.5 Å². The van der Waals surface area contributed by atoms with Crippen molar-refractivity contribution >= 4 is 5.91 Å². The molecule has 0 saturated carbocycles. The summed E-state index contributed by atoms with van der Waals surface area (Å²) in [4.78, 5) is 13.7. The molecule has 1 aromatic carbocycles. The molecule has 0 unspecified atom stereocenters. The molecule has 0 bridgehead atoms. The highest BCUT2D eigenvalue weighted by Gasteiger charge is 2.08. The number of carbonyl (C=O) groups excluding carboxylic acids is 1. The van der Waals surface area contributed by atoms with Crippen molar-refractivity contribution in [1.29, 1.82) is 0 Å². The zero-order valence-corrected chi connectivity index (χ0v) is 10.1. The summed E-state index contributed by atoms with van der Waals surface area (Å²) in [6.45, 7) is 4.28. The van der Waals surface area contributed by atoms with Crippen LogP contribution in [0, 0.1) is 0 Å². The lowest BCUT2D eigenvalue weighted by Crippen LogP contribution is -2.32. The van der Waals surface area contributed by atoms with Crippen LogP contribution >= 0.6 is 0 Å². The molecule has 17 heavy (non-hydrogen) atoms. The molecule has 1 aromatic rings. The van der Waals surface area contributed by atoms with E-state index in [0.717, 1.165) is 13.1 Å². The Labute approximate surface area is 101 Å². The number of hydrogen-bond acceptors (Lipinski definition) is 4. The number of phenols is 2. The first-order chi connectivity index (χ1) is 8.04. The Hall–Kier alpha value is -1.75. The summed E-state index contributed by atoms with van der Waals surface area (Å²) in [6.07, 6.45) is 0. The third kappa shape index (κ3) is 3.96. The van der Waals surface area contributed by atoms with Gasteiger partial charge in [0.05, 0.1) is 0 Å². The molecular weight excluding hydrogens is 220 g/mol. The van der Waals surface area contributed by atoms with E-state index in [1.807, 2.05) is 14.0 Å². The number of aromatic hydroxyl groups is 2. The van der Waals surface area contributed by atoms with Crippen LogP contribution in [-0.4, -0.2) is 47.7 Å². The molecule has 0 fully saturated rings. The minimum Gasteiger partial charge on any atom is -0.504 e. The predicted molar refractivity (Wildman–Crippen MR) is 65.3 cm³/mol. The van der Waals surface area contributed by atoms with Crippen molar-refractivity contribution in [2.24, 2.45) is 0 Å². The lowest BCUT2D eigenvalue weighted by molar-refractivity contribution is 0.0949. The van der Waals surface area contributed by atoms with Gasteiger partial charge in [-0.05, 0) is 31.8 Å². The monoisotopic (exact) mass is 238 g/mol. The predicted octanol–water partition coefficient (Wildman–Crippen LogP) is 0.779. The number of rotatable bonds is 5. The van der Waals surface area contributed by atoms with Crippen molar-refractivity contribution in [3.8, 4) is 11.5 Å². The van der Waals surface area contributed by atoms with Crippen LogP contribution < -0.4 is 5.32 Å². The van der Waals surface area contributed by atoms with Crippen molar-refractivity contribution in [2.45, 2.75) is 6.92 Å². The second-order valence-corrected chi connectivity index (χ2v) is 3.86. The third-order valence-electron chi connectivity index (χ3n) is 2.56. The highest BCUT2D eigenvalue weighted by Crippen LogP contribution is 2.24. The fourth-order valence-corrected chi connectivity index (χ4v) is 1.29. The number of amides is 1. The molecule has 0 spiro atoms. The zero-order valence-electron chi connectivity index (χ0n) is 10.1. The molecule has 0 heterocycles. The van der Waals surface area contributed by atoms with Crippen LogP contribution in [0.15, 0.2) is 18.2 Å². The van der Waals surface area contributed by atoms with Crippen LogP contribution in [0.25, 0.3) is 0 Å². The van der Waals surface area contributed by atoms with Crippen LogP contribution in [-0.2, 0) is 0 Å². The first-order valence-corrected chi connectivity index (χ1v) is 5.53. The summed E-state index contributed by atoms with van der Waals surface area (Å²) in [5, 5.41) is 21.1. The Morgan fingerprint density at radius 1 is 1.35 bits per heavy atom. The van der Waals surface area contributed by atoms with E-state index in [1.54, 1.807) is 0 Å². The van der Waals surface area contributed by atoms with E-state index in [0.29, 0.717) is 12.1 Å². The average molecular weight is 238 g/mol. The molecule has 0 saturated heterocycles. The summed E-state index contributed by atoms with van der Waals surface area (Å²) in [5.74, 6) is -0.777. The van der Waals surface area contributed by atoms with Gasteiger partial charge >= 0.3 is 0 Å². The van der Waals surface area contributed by atoms with Gasteiger partial charge in [-0.2, -0.15) is 0 Å². The highest BCUT2D eigenvalue weighted by molar-refractivity contribution is 5.94. The Morgan fingerprint density at radius 2 is 2.06 bits per heavy atom. The van der Waals surface area contributed by atoms with E-state index in [1.165, 1.54) is 18.2 Å². The molecule has 0 radical (unpaired) electrons. The van der Waals surface area contributed by atoms with E-state index >= 15 is 0 Å². The van der Waals surface area contributed by atoms with Gasteiger partial charge in [-0.15, -0.1) is 0 Å². The highest BCUT2D eigenvalue weighted by atomic mass is 16.3. The maximum atomic E-state index is 11.7. The molecular formula is C12H18N2O3. The standard InChI is InChI=1S/C12H18N2O3/c1-3-14(2)7-6-13-12(17)9-4-5-10(15)11(16)8-9/h4-5,8,15-16H,3,6-7H2,1-2H3,(H,13,17). The number of nitrogens with zero attached hydrogens (tertiary/aromatic N) is 1. The number of nitrogens with one attached hydrogen (secondary N) is 1. The maximum absolute atomic E-state index is 11.7. The average Bonchev–Trinajstić information content (AvgIpc) is 2.32. The molecule has 5 nitrogen and oxygen atoms in total. The first kappa shape index (κ1) is 13.3. The maximum Gasteiger partial charge on any atom is 0.251 e. The van der Waals surface area contributed by atoms with E-state index in [4.69, 9.17) is 5.11 Å². The van der Waals surface area contributed by atoms with Gasteiger partial charge in [0.1, 0.15) is 0 Å². The lowest BCUT2D eigenvalue weighted by atomic mass is 10.2. The fraction of sp³-hybridized carbons (Fsp3) is 0.417. The normalized spacial score (nSPS) is 10.5. The third-order valence-corrected chi connectivity index (χ3v) is 2.56. The van der Waals surface area contributed by atoms with E-state index < -0.39 is 0 Å². The summed E-state index contributed by atoms with van der Waals surface area (Å²) in [7, 11) is 1.97. The summed E-state index contributed by atoms with van der Waals surface area (Å²) in [5.41, 5.74) is 0.333. The minimum atomic E-state index is -0.289. The summed E-state index contributed by atoms with van der Waals surface area (Å²) < 4.78 is 0. The Morgan fingerprint density at radius 3 is 2.65 bits per heavy atom. The number of phenolic OH excluding ortho intramolecular Hbond substituents is 2. The van der Waals surface area contributed by atoms with Crippen molar-refractivity contribution in [3.05, 3.63) is 23.8 Å². The van der Waals surface area contributed by atoms with Gasteiger partial charge in [-0.3, -0.25) is 4.79 Å². The van der Waals surface area contributed by atoms with Crippen molar-refractivity contribution in [2.75, 3.05) is 26.7 Å². The van der Waals surface area contributed by atoms with Crippen LogP contribution in [0.2, 0.25) is 0 Å². The molecule has 0 aromatic heterocycles. The summed E-state index contributed by atoms with van der Waals surface area (Å²) >= 11 is 0. The van der Waals surface area contributed by atoms with E-state index in [-0.39, 0.29) is 17.4 Å². The second kappa shape index (κ2) is 6.10. The number of benzene rings is 1. The van der Waals surface area contributed by atoms with E-state index in [2.05, 4.69) is 10.2 Å². The van der Waals surface area contributed by atoms with Crippen LogP contribution in [0.1, 0.15) is 17.3 Å². The summed E-state index contributed by atoms with van der Waals surface area (Å²) in [6, 6.07) is 4.00. The lowest BCUT2D eigenvalue weighted by Gasteiger charge is -2.14. The van der Waals surface area contributed by atoms with Crippen LogP contribution in [0.3, 0.4) is 0 Å². The largest absolute Gasteiger partial charge is 0.504 e. The van der Waals surface area contributed by atoms with Crippen molar-refractivity contribution < 1.29 is 15.0 Å². The molecule has 0 aliphatic carbocycles. The number of likely N-dealkylation sites (N-methyl/N-ethyl adjacent to an activating group) is 1. The van der Waals surface area contributed by atoms with Gasteiger partial charge in [0.15, 0.2) is 11.5 Å². The van der Waals surface area contributed by atoms with E-state index in [9.17, 15) is 9.90 Å². The Kier molecular flexibility index (Phi) is 4.78. The minimum absolute atomic E-state index is 0.229. The topological polar surface area (TPSA) is 72.8 Å². The fourth-order valence-electron chi connectivity index (χ4n) is 1.29. The van der Waals surface area contributed by atoms with Crippen molar-refractivity contribution in [1.82, 2.24) is 10.2 Å². The Balaban J connectivity index is 2.50. The van der Waals surface area contributed by atoms with Gasteiger partial charge < -0.3 is 20.4 Å². The van der Waals surface area contributed by atoms with Crippen molar-refractivity contribution in [3.63, 3.8) is 0 Å². The van der Waals surface area contributed by atoms with Crippen LogP contribution in [0.4, 0.5) is 0 Å². The molecule has 94 valence electrons. The molecule has 1 rings (SSSR count). The zero-order chi connectivity index (χ0) is 12.8. The van der Waals surface area contributed by atoms with Gasteiger partial charge in [0.2, 0.25) is 0 Å². The SMILES string of the molecule is CCN(C)CCNC(=O)c1ccc(O)c(O)c1.